The summed E-state index contributed by atoms with van der Waals surface area (Å²) in [5.74, 6) is -1.63. The number of carbonyl (C=O) groups is 1. The van der Waals surface area contributed by atoms with Gasteiger partial charge in [0, 0.05) is 20.3 Å². The summed E-state index contributed by atoms with van der Waals surface area (Å²) < 4.78 is 42.5. The molecule has 0 radical (unpaired) electrons. The summed E-state index contributed by atoms with van der Waals surface area (Å²) in [6, 6.07) is 1.80. The number of methoxy groups -OCH3 is 1. The van der Waals surface area contributed by atoms with Gasteiger partial charge in [0.05, 0.1) is 5.56 Å². The molecule has 8 heteroatoms. The number of anilines is 1. The van der Waals surface area contributed by atoms with E-state index in [2.05, 4.69) is 10.3 Å². The second-order valence-corrected chi connectivity index (χ2v) is 3.67. The Morgan fingerprint density at radius 2 is 2.16 bits per heavy atom. The molecule has 0 spiro atoms. The summed E-state index contributed by atoms with van der Waals surface area (Å²) in [5.41, 5.74) is -2.27. The minimum absolute atomic E-state index is 0.0847. The molecule has 0 atom stereocenters. The second kappa shape index (κ2) is 6.37. The van der Waals surface area contributed by atoms with Crippen LogP contribution in [0.5, 0.6) is 0 Å². The monoisotopic (exact) mass is 278 g/mol. The third kappa shape index (κ3) is 4.40. The van der Waals surface area contributed by atoms with Gasteiger partial charge in [0.2, 0.25) is 0 Å². The van der Waals surface area contributed by atoms with E-state index in [0.29, 0.717) is 25.6 Å². The Balaban J connectivity index is 2.88. The zero-order valence-corrected chi connectivity index (χ0v) is 10.1. The fraction of sp³-hybridized carbons (Fsp3) is 0.455. The highest BCUT2D eigenvalue weighted by Gasteiger charge is 2.36. The molecule has 2 N–H and O–H groups in total. The van der Waals surface area contributed by atoms with E-state index < -0.39 is 23.4 Å². The first-order valence-corrected chi connectivity index (χ1v) is 5.40. The number of nitrogens with zero attached hydrogens (tertiary/aromatic N) is 1. The SMILES string of the molecule is COCCCNc1ccc(C(F)(F)F)c(C(=O)O)n1. The molecule has 5 nitrogen and oxygen atoms in total. The zero-order chi connectivity index (χ0) is 14.5. The van der Waals surface area contributed by atoms with E-state index in [1.165, 1.54) is 7.11 Å². The van der Waals surface area contributed by atoms with Gasteiger partial charge in [-0.3, -0.25) is 0 Å². The van der Waals surface area contributed by atoms with Gasteiger partial charge < -0.3 is 15.2 Å². The van der Waals surface area contributed by atoms with Crippen LogP contribution in [0.2, 0.25) is 0 Å². The van der Waals surface area contributed by atoms with Crippen LogP contribution in [-0.2, 0) is 10.9 Å². The Morgan fingerprint density at radius 1 is 1.47 bits per heavy atom. The number of hydrogen-bond acceptors (Lipinski definition) is 4. The van der Waals surface area contributed by atoms with Crippen LogP contribution in [0.3, 0.4) is 0 Å². The predicted octanol–water partition coefficient (Wildman–Crippen LogP) is 2.25. The highest BCUT2D eigenvalue weighted by molar-refractivity contribution is 5.87. The molecule has 0 unspecified atom stereocenters. The molecule has 106 valence electrons. The van der Waals surface area contributed by atoms with Crippen LogP contribution in [0, 0.1) is 0 Å². The van der Waals surface area contributed by atoms with Crippen molar-refractivity contribution in [3.63, 3.8) is 0 Å². The van der Waals surface area contributed by atoms with E-state index in [1.54, 1.807) is 0 Å². The lowest BCUT2D eigenvalue weighted by atomic mass is 10.2. The van der Waals surface area contributed by atoms with Crippen LogP contribution in [0.25, 0.3) is 0 Å². The van der Waals surface area contributed by atoms with Crippen LogP contribution >= 0.6 is 0 Å². The third-order valence-corrected chi connectivity index (χ3v) is 2.23. The van der Waals surface area contributed by atoms with Crippen LogP contribution in [-0.4, -0.2) is 36.3 Å². The number of pyridine rings is 1. The zero-order valence-electron chi connectivity index (χ0n) is 10.1. The summed E-state index contributed by atoms with van der Waals surface area (Å²) in [5, 5.41) is 11.5. The topological polar surface area (TPSA) is 71.5 Å². The van der Waals surface area contributed by atoms with E-state index in [9.17, 15) is 18.0 Å². The molecule has 0 saturated heterocycles. The Labute approximate surface area is 107 Å². The Bertz CT molecular complexity index is 449. The first kappa shape index (κ1) is 15.2. The fourth-order valence-electron chi connectivity index (χ4n) is 1.38. The van der Waals surface area contributed by atoms with Gasteiger partial charge in [0.25, 0.3) is 0 Å². The molecule has 1 aromatic rings. The summed E-state index contributed by atoms with van der Waals surface area (Å²) in [6.07, 6.45) is -4.11. The van der Waals surface area contributed by atoms with Crippen molar-refractivity contribution in [3.05, 3.63) is 23.4 Å². The van der Waals surface area contributed by atoms with Crippen molar-refractivity contribution in [3.8, 4) is 0 Å². The van der Waals surface area contributed by atoms with Crippen LogP contribution in [0.1, 0.15) is 22.5 Å². The van der Waals surface area contributed by atoms with Crippen LogP contribution in [0.4, 0.5) is 19.0 Å². The molecule has 19 heavy (non-hydrogen) atoms. The summed E-state index contributed by atoms with van der Waals surface area (Å²) in [7, 11) is 1.53. The molecule has 0 aliphatic rings. The van der Waals surface area contributed by atoms with Crippen molar-refractivity contribution < 1.29 is 27.8 Å². The van der Waals surface area contributed by atoms with Gasteiger partial charge in [0.1, 0.15) is 5.82 Å². The lowest BCUT2D eigenvalue weighted by molar-refractivity contribution is -0.138. The first-order valence-electron chi connectivity index (χ1n) is 5.40. The lowest BCUT2D eigenvalue weighted by Gasteiger charge is -2.11. The highest BCUT2D eigenvalue weighted by atomic mass is 19.4. The molecule has 1 aromatic heterocycles. The number of hydrogen-bond donors (Lipinski definition) is 2. The maximum absolute atomic E-state index is 12.6. The number of rotatable bonds is 6. The van der Waals surface area contributed by atoms with E-state index in [1.807, 2.05) is 0 Å². The summed E-state index contributed by atoms with van der Waals surface area (Å²) in [4.78, 5) is 14.3. The van der Waals surface area contributed by atoms with E-state index in [-0.39, 0.29) is 5.82 Å². The van der Waals surface area contributed by atoms with Crippen LogP contribution < -0.4 is 5.32 Å². The molecule has 0 bridgehead atoms. The van der Waals surface area contributed by atoms with E-state index in [0.717, 1.165) is 6.07 Å². The van der Waals surface area contributed by atoms with Gasteiger partial charge >= 0.3 is 12.1 Å². The van der Waals surface area contributed by atoms with Crippen molar-refractivity contribution in [1.82, 2.24) is 4.98 Å². The maximum Gasteiger partial charge on any atom is 0.418 e. The molecule has 0 saturated carbocycles. The van der Waals surface area contributed by atoms with Crippen molar-refractivity contribution in [2.75, 3.05) is 25.6 Å². The molecular formula is C11H13F3N2O3. The molecule has 0 aliphatic carbocycles. The number of carboxylic acid groups (broad SMARTS) is 1. The third-order valence-electron chi connectivity index (χ3n) is 2.23. The standard InChI is InChI=1S/C11H13F3N2O3/c1-19-6-2-5-15-8-4-3-7(11(12,13)14)9(16-8)10(17)18/h3-4H,2,5-6H2,1H3,(H,15,16)(H,17,18). The summed E-state index contributed by atoms with van der Waals surface area (Å²) in [6.45, 7) is 0.907. The molecule has 1 rings (SSSR count). The first-order chi connectivity index (χ1) is 8.86. The van der Waals surface area contributed by atoms with Crippen LogP contribution in [0.15, 0.2) is 12.1 Å². The summed E-state index contributed by atoms with van der Waals surface area (Å²) >= 11 is 0. The van der Waals surface area contributed by atoms with Gasteiger partial charge in [-0.1, -0.05) is 0 Å². The number of nitrogens with one attached hydrogen (secondary N) is 1. The molecule has 0 aromatic carbocycles. The van der Waals surface area contributed by atoms with E-state index in [4.69, 9.17) is 9.84 Å². The largest absolute Gasteiger partial charge is 0.476 e. The lowest BCUT2D eigenvalue weighted by Crippen LogP contribution is -2.16. The molecule has 1 heterocycles. The maximum atomic E-state index is 12.6. The van der Waals surface area contributed by atoms with Crippen molar-refractivity contribution in [2.24, 2.45) is 0 Å². The van der Waals surface area contributed by atoms with Gasteiger partial charge in [-0.05, 0) is 18.6 Å². The molecule has 0 aliphatic heterocycles. The number of halogens is 3. The average molecular weight is 278 g/mol. The minimum atomic E-state index is -4.74. The number of carboxylic acids is 1. The van der Waals surface area contributed by atoms with Gasteiger partial charge in [-0.25, -0.2) is 9.78 Å². The Hall–Kier alpha value is -1.83. The van der Waals surface area contributed by atoms with Gasteiger partial charge in [-0.2, -0.15) is 13.2 Å². The van der Waals surface area contributed by atoms with E-state index >= 15 is 0 Å². The number of alkyl halides is 3. The highest BCUT2D eigenvalue weighted by Crippen LogP contribution is 2.31. The smallest absolute Gasteiger partial charge is 0.418 e. The number of ether oxygens (including phenoxy) is 1. The number of aromatic carboxylic acids is 1. The second-order valence-electron chi connectivity index (χ2n) is 3.67. The molecular weight excluding hydrogens is 265 g/mol. The minimum Gasteiger partial charge on any atom is -0.476 e. The normalized spacial score (nSPS) is 11.4. The molecule has 0 fully saturated rings. The van der Waals surface area contributed by atoms with Crippen molar-refractivity contribution in [1.29, 1.82) is 0 Å². The van der Waals surface area contributed by atoms with Gasteiger partial charge in [0.15, 0.2) is 5.69 Å². The van der Waals surface area contributed by atoms with Gasteiger partial charge in [-0.15, -0.1) is 0 Å². The predicted molar refractivity (Wildman–Crippen MR) is 61.2 cm³/mol. The quantitative estimate of drug-likeness (QED) is 0.781. The van der Waals surface area contributed by atoms with Crippen molar-refractivity contribution >= 4 is 11.8 Å². The Morgan fingerprint density at radius 3 is 2.68 bits per heavy atom. The molecule has 0 amide bonds. The number of aromatic nitrogens is 1. The van der Waals surface area contributed by atoms with Crippen molar-refractivity contribution in [2.45, 2.75) is 12.6 Å². The average Bonchev–Trinajstić information content (AvgIpc) is 2.33. The Kier molecular flexibility index (Phi) is 5.11. The fourth-order valence-corrected chi connectivity index (χ4v) is 1.38.